The summed E-state index contributed by atoms with van der Waals surface area (Å²) in [4.78, 5) is 12.1. The van der Waals surface area contributed by atoms with E-state index in [1.54, 1.807) is 58.2 Å². The van der Waals surface area contributed by atoms with Crippen molar-refractivity contribution < 1.29 is 49.2 Å². The topological polar surface area (TPSA) is 90.0 Å². The number of carbonyl (C=O) groups is 1. The zero-order chi connectivity index (χ0) is 15.8. The molecule has 0 aliphatic rings. The van der Waals surface area contributed by atoms with E-state index < -0.39 is 0 Å². The minimum Gasteiger partial charge on any atom is -1.00 e. The fourth-order valence-corrected chi connectivity index (χ4v) is 2.02. The lowest BCUT2D eigenvalue weighted by Crippen LogP contribution is -3.00. The van der Waals surface area contributed by atoms with Gasteiger partial charge in [-0.25, -0.2) is 0 Å². The second kappa shape index (κ2) is 11.1. The third-order valence-corrected chi connectivity index (χ3v) is 2.89. The van der Waals surface area contributed by atoms with Crippen LogP contribution in [0, 0.1) is 0 Å². The first-order valence-corrected chi connectivity index (χ1v) is 6.56. The van der Waals surface area contributed by atoms with Crippen LogP contribution in [0.1, 0.15) is 11.1 Å². The van der Waals surface area contributed by atoms with Crippen molar-refractivity contribution >= 4 is 18.2 Å². The van der Waals surface area contributed by atoms with Crippen molar-refractivity contribution in [2.45, 2.75) is 13.1 Å². The second-order valence-electron chi connectivity index (χ2n) is 4.65. The molecule has 2 aromatic heterocycles. The Balaban J connectivity index is 0.00000264. The Bertz CT molecular complexity index is 664. The van der Waals surface area contributed by atoms with E-state index >= 15 is 0 Å². The highest BCUT2D eigenvalue weighted by molar-refractivity contribution is 5.79. The number of halogens is 2. The molecule has 2 heterocycles. The summed E-state index contributed by atoms with van der Waals surface area (Å²) in [5.74, 6) is 0.00572. The van der Waals surface area contributed by atoms with Gasteiger partial charge in [0.1, 0.15) is 0 Å². The molecule has 0 amide bonds. The van der Waals surface area contributed by atoms with Crippen LogP contribution in [-0.4, -0.2) is 28.6 Å². The summed E-state index contributed by atoms with van der Waals surface area (Å²) in [6.07, 6.45) is 9.58. The van der Waals surface area contributed by atoms with Crippen LogP contribution in [0.2, 0.25) is 0 Å². The Morgan fingerprint density at radius 1 is 0.917 bits per heavy atom. The fourth-order valence-electron chi connectivity index (χ4n) is 2.02. The highest BCUT2D eigenvalue weighted by Crippen LogP contribution is 1.91. The van der Waals surface area contributed by atoms with Crippen LogP contribution in [0.25, 0.3) is 0 Å². The molecule has 7 nitrogen and oxygen atoms in total. The number of ketones is 1. The molecule has 0 atom stereocenters. The maximum atomic E-state index is 12.1. The van der Waals surface area contributed by atoms with E-state index in [-0.39, 0.29) is 43.7 Å². The summed E-state index contributed by atoms with van der Waals surface area (Å²) in [7, 11) is 0. The van der Waals surface area contributed by atoms with E-state index in [4.69, 9.17) is 10.4 Å². The van der Waals surface area contributed by atoms with Gasteiger partial charge in [-0.15, -0.1) is 0 Å². The summed E-state index contributed by atoms with van der Waals surface area (Å²) < 4.78 is 3.44. The quantitative estimate of drug-likeness (QED) is 0.230. The van der Waals surface area contributed by atoms with Gasteiger partial charge in [-0.3, -0.25) is 4.79 Å². The molecule has 0 aliphatic carbocycles. The van der Waals surface area contributed by atoms with Crippen LogP contribution >= 0.6 is 0 Å². The maximum absolute atomic E-state index is 12.1. The predicted octanol–water partition coefficient (Wildman–Crippen LogP) is -5.84. The number of rotatable bonds is 6. The lowest BCUT2D eigenvalue weighted by atomic mass is 10.3. The van der Waals surface area contributed by atoms with Crippen molar-refractivity contribution in [1.82, 2.24) is 0 Å². The minimum atomic E-state index is 0. The number of hydrogen-bond acceptors (Lipinski definition) is 5. The van der Waals surface area contributed by atoms with Crippen LogP contribution in [0.4, 0.5) is 0 Å². The van der Waals surface area contributed by atoms with Gasteiger partial charge >= 0.3 is 0 Å². The summed E-state index contributed by atoms with van der Waals surface area (Å²) in [6, 6.07) is 7.09. The largest absolute Gasteiger partial charge is 1.00 e. The first kappa shape index (κ1) is 21.5. The van der Waals surface area contributed by atoms with Gasteiger partial charge in [0, 0.05) is 12.1 Å². The van der Waals surface area contributed by atoms with Gasteiger partial charge in [-0.05, 0) is 12.1 Å². The van der Waals surface area contributed by atoms with E-state index in [0.29, 0.717) is 11.1 Å². The Morgan fingerprint density at radius 3 is 1.71 bits per heavy atom. The third-order valence-electron chi connectivity index (χ3n) is 2.89. The van der Waals surface area contributed by atoms with Gasteiger partial charge in [0.05, 0.1) is 23.6 Å². The van der Waals surface area contributed by atoms with Gasteiger partial charge in [-0.2, -0.15) is 9.13 Å². The van der Waals surface area contributed by atoms with Crippen LogP contribution in [0.5, 0.6) is 0 Å². The van der Waals surface area contributed by atoms with Crippen LogP contribution in [0.15, 0.2) is 59.4 Å². The lowest BCUT2D eigenvalue weighted by molar-refractivity contribution is -0.702. The van der Waals surface area contributed by atoms with Crippen LogP contribution < -0.4 is 33.9 Å². The summed E-state index contributed by atoms with van der Waals surface area (Å²) in [6.45, 7) is 0.414. The lowest BCUT2D eigenvalue weighted by Gasteiger charge is -1.97. The molecule has 0 fully saturated rings. The second-order valence-corrected chi connectivity index (χ2v) is 4.65. The molecular weight excluding hydrogens is 355 g/mol. The maximum Gasteiger partial charge on any atom is 0.261 e. The number of Topliss-reactive ketones (excluding diaryl/α,β-unsaturated/α-hetero) is 1. The molecule has 0 aromatic carbocycles. The number of pyridine rings is 2. The molecule has 0 spiro atoms. The summed E-state index contributed by atoms with van der Waals surface area (Å²) >= 11 is 0. The molecule has 0 saturated heterocycles. The number of nitrogens with zero attached hydrogens (tertiary/aromatic N) is 4. The average molecular weight is 371 g/mol. The Labute approximate surface area is 151 Å². The Kier molecular flexibility index (Phi) is 9.93. The number of aromatic nitrogens is 2. The summed E-state index contributed by atoms with van der Waals surface area (Å²) in [5, 5.41) is 23.0. The van der Waals surface area contributed by atoms with E-state index in [1.165, 1.54) is 12.4 Å². The molecule has 2 N–H and O–H groups in total. The van der Waals surface area contributed by atoms with E-state index in [1.807, 2.05) is 0 Å². The molecule has 9 heteroatoms. The van der Waals surface area contributed by atoms with Crippen molar-refractivity contribution in [2.24, 2.45) is 10.3 Å². The van der Waals surface area contributed by atoms with Gasteiger partial charge in [0.25, 0.3) is 5.78 Å². The molecule has 0 unspecified atom stereocenters. The standard InChI is InChI=1S/C15H14N4O3.2ClH/c20-15(11-18-5-1-3-13(9-18)7-16-21)12-19-6-2-4-14(10-19)8-17-22;;/h1-10H,11-12H2;2*1H/b16-7+,17-8+;;. The third kappa shape index (κ3) is 6.72. The van der Waals surface area contributed by atoms with Gasteiger partial charge in [-0.1, -0.05) is 10.3 Å². The number of hydrogen-bond donors (Lipinski definition) is 2. The average Bonchev–Trinajstić information content (AvgIpc) is 2.48. The molecule has 0 radical (unpaired) electrons. The van der Waals surface area contributed by atoms with Crippen molar-refractivity contribution in [2.75, 3.05) is 0 Å². The fraction of sp³-hybridized carbons (Fsp3) is 0.133. The highest BCUT2D eigenvalue weighted by atomic mass is 35.5. The van der Waals surface area contributed by atoms with E-state index in [2.05, 4.69) is 10.3 Å². The van der Waals surface area contributed by atoms with Gasteiger partial charge in [0.15, 0.2) is 24.8 Å². The number of oxime groups is 2. The van der Waals surface area contributed by atoms with Crippen LogP contribution in [-0.2, 0) is 17.9 Å². The van der Waals surface area contributed by atoms with Crippen molar-refractivity contribution in [3.8, 4) is 0 Å². The van der Waals surface area contributed by atoms with E-state index in [0.717, 1.165) is 0 Å². The molecule has 128 valence electrons. The van der Waals surface area contributed by atoms with Crippen LogP contribution in [0.3, 0.4) is 0 Å². The predicted molar refractivity (Wildman–Crippen MR) is 77.0 cm³/mol. The smallest absolute Gasteiger partial charge is 0.261 e. The Morgan fingerprint density at radius 2 is 1.33 bits per heavy atom. The molecular formula is C15H16Cl2N4O3. The SMILES string of the molecule is O=C(C[n+]1cccc(/C=N/O)c1)C[n+]1cccc(/C=N/O)c1.[Cl-].[Cl-]. The first-order valence-electron chi connectivity index (χ1n) is 6.56. The molecule has 0 aliphatic heterocycles. The van der Waals surface area contributed by atoms with Gasteiger partial charge in [0.2, 0.25) is 13.1 Å². The first-order chi connectivity index (χ1) is 10.7. The molecule has 2 rings (SSSR count). The monoisotopic (exact) mass is 370 g/mol. The minimum absolute atomic E-state index is 0. The molecule has 0 saturated carbocycles. The van der Waals surface area contributed by atoms with Crippen molar-refractivity contribution in [3.05, 3.63) is 60.2 Å². The number of carbonyl (C=O) groups excluding carboxylic acids is 1. The molecule has 2 aromatic rings. The normalized spacial score (nSPS) is 10.3. The van der Waals surface area contributed by atoms with Gasteiger partial charge < -0.3 is 35.2 Å². The Hall–Kier alpha value is -2.51. The highest BCUT2D eigenvalue weighted by Gasteiger charge is 2.15. The molecule has 24 heavy (non-hydrogen) atoms. The zero-order valence-electron chi connectivity index (χ0n) is 12.5. The van der Waals surface area contributed by atoms with Crippen molar-refractivity contribution in [3.63, 3.8) is 0 Å². The van der Waals surface area contributed by atoms with E-state index in [9.17, 15) is 4.79 Å². The summed E-state index contributed by atoms with van der Waals surface area (Å²) in [5.41, 5.74) is 1.40. The zero-order valence-corrected chi connectivity index (χ0v) is 14.0. The van der Waals surface area contributed by atoms with Crippen molar-refractivity contribution in [1.29, 1.82) is 0 Å². The molecule has 0 bridgehead atoms.